The van der Waals surface area contributed by atoms with Crippen LogP contribution in [0.2, 0.25) is 0 Å². The predicted octanol–water partition coefficient (Wildman–Crippen LogP) is 3.06. The molecular weight excluding hydrogens is 345 g/mol. The first-order valence-electron chi connectivity index (χ1n) is 8.59. The predicted molar refractivity (Wildman–Crippen MR) is 102 cm³/mol. The summed E-state index contributed by atoms with van der Waals surface area (Å²) in [5, 5.41) is 0. The number of benzene rings is 1. The Morgan fingerprint density at radius 2 is 1.79 bits per heavy atom. The number of hydrogen-bond acceptors (Lipinski definition) is 3. The first-order chi connectivity index (χ1) is 10.7. The maximum Gasteiger partial charge on any atom is 0.254 e. The Hall–Kier alpha value is -0.970. The number of rotatable bonds is 2. The van der Waals surface area contributed by atoms with Gasteiger partial charge >= 0.3 is 0 Å². The van der Waals surface area contributed by atoms with E-state index >= 15 is 0 Å². The van der Waals surface area contributed by atoms with E-state index in [4.69, 9.17) is 5.73 Å². The van der Waals surface area contributed by atoms with Crippen LogP contribution in [-0.4, -0.2) is 47.9 Å². The first kappa shape index (κ1) is 19.4. The summed E-state index contributed by atoms with van der Waals surface area (Å²) in [7, 11) is 0. The van der Waals surface area contributed by atoms with E-state index in [2.05, 4.69) is 4.90 Å². The highest BCUT2D eigenvalue weighted by Gasteiger charge is 2.42. The van der Waals surface area contributed by atoms with E-state index < -0.39 is 0 Å². The fraction of sp³-hybridized carbons (Fsp3) is 0.611. The number of nitrogens with two attached hydrogens (primary N) is 1. The van der Waals surface area contributed by atoms with Gasteiger partial charge in [0, 0.05) is 43.5 Å². The van der Waals surface area contributed by atoms with Gasteiger partial charge in [-0.2, -0.15) is 0 Å². The molecule has 3 atom stereocenters. The van der Waals surface area contributed by atoms with Crippen molar-refractivity contribution >= 4 is 36.4 Å². The van der Waals surface area contributed by atoms with Crippen molar-refractivity contribution in [2.75, 3.05) is 31.9 Å². The average Bonchev–Trinajstić information content (AvgIpc) is 3.17. The van der Waals surface area contributed by atoms with Gasteiger partial charge in [0.2, 0.25) is 0 Å². The summed E-state index contributed by atoms with van der Waals surface area (Å²) < 4.78 is 0. The molecule has 3 fully saturated rings. The number of halogens is 2. The van der Waals surface area contributed by atoms with Crippen LogP contribution < -0.4 is 5.73 Å². The van der Waals surface area contributed by atoms with Crippen molar-refractivity contribution < 1.29 is 4.79 Å². The molecule has 0 aromatic heterocycles. The molecule has 24 heavy (non-hydrogen) atoms. The molecule has 2 saturated carbocycles. The second kappa shape index (κ2) is 7.94. The highest BCUT2D eigenvalue weighted by Crippen LogP contribution is 2.46. The highest BCUT2D eigenvalue weighted by atomic mass is 35.5. The van der Waals surface area contributed by atoms with Crippen molar-refractivity contribution in [2.24, 2.45) is 11.8 Å². The normalized spacial score (nSPS) is 29.0. The molecule has 1 aromatic rings. The third kappa shape index (κ3) is 3.66. The van der Waals surface area contributed by atoms with Crippen molar-refractivity contribution in [2.45, 2.75) is 31.7 Å². The van der Waals surface area contributed by atoms with Crippen LogP contribution in [0, 0.1) is 11.8 Å². The molecule has 2 bridgehead atoms. The second-order valence-electron chi connectivity index (χ2n) is 7.20. The second-order valence-corrected chi connectivity index (χ2v) is 7.20. The lowest BCUT2D eigenvalue weighted by molar-refractivity contribution is 0.0496. The van der Waals surface area contributed by atoms with E-state index in [0.29, 0.717) is 11.3 Å². The van der Waals surface area contributed by atoms with Crippen LogP contribution >= 0.6 is 24.8 Å². The van der Waals surface area contributed by atoms with Gasteiger partial charge in [-0.15, -0.1) is 24.8 Å². The monoisotopic (exact) mass is 371 g/mol. The molecule has 134 valence electrons. The van der Waals surface area contributed by atoms with Crippen LogP contribution in [0.1, 0.15) is 36.0 Å². The van der Waals surface area contributed by atoms with Gasteiger partial charge in [-0.25, -0.2) is 0 Å². The fourth-order valence-corrected chi connectivity index (χ4v) is 4.77. The van der Waals surface area contributed by atoms with E-state index in [-0.39, 0.29) is 30.7 Å². The third-order valence-corrected chi connectivity index (χ3v) is 5.90. The van der Waals surface area contributed by atoms with E-state index in [1.54, 1.807) is 6.07 Å². The van der Waals surface area contributed by atoms with Gasteiger partial charge < -0.3 is 10.6 Å². The standard InChI is InChI=1S/C18H25N3O.2ClH/c19-16-3-1-2-15(12-16)18(22)21-8-6-20(7-9-21)17-11-13-4-5-14(17)10-13;;/h1-3,12-14,17H,4-11,19H2;2*1H. The van der Waals surface area contributed by atoms with Gasteiger partial charge in [0.05, 0.1) is 0 Å². The van der Waals surface area contributed by atoms with E-state index in [0.717, 1.165) is 44.1 Å². The van der Waals surface area contributed by atoms with E-state index in [1.165, 1.54) is 25.7 Å². The largest absolute Gasteiger partial charge is 0.399 e. The third-order valence-electron chi connectivity index (χ3n) is 5.90. The van der Waals surface area contributed by atoms with Crippen LogP contribution in [0.25, 0.3) is 0 Å². The van der Waals surface area contributed by atoms with E-state index in [9.17, 15) is 4.79 Å². The molecule has 4 rings (SSSR count). The van der Waals surface area contributed by atoms with Crippen LogP contribution in [0.15, 0.2) is 24.3 Å². The SMILES string of the molecule is Cl.Cl.Nc1cccc(C(=O)N2CCN(C3CC4CCC3C4)CC2)c1. The Balaban J connectivity index is 0.00000104. The van der Waals surface area contributed by atoms with Crippen molar-refractivity contribution in [3.05, 3.63) is 29.8 Å². The molecule has 0 radical (unpaired) electrons. The minimum absolute atomic E-state index is 0. The van der Waals surface area contributed by atoms with Gasteiger partial charge in [-0.05, 0) is 49.3 Å². The zero-order valence-corrected chi connectivity index (χ0v) is 15.5. The molecule has 1 saturated heterocycles. The van der Waals surface area contributed by atoms with Crippen molar-refractivity contribution in [3.63, 3.8) is 0 Å². The molecular formula is C18H27Cl2N3O. The smallest absolute Gasteiger partial charge is 0.254 e. The molecule has 2 aliphatic carbocycles. The number of anilines is 1. The number of carbonyl (C=O) groups excluding carboxylic acids is 1. The van der Waals surface area contributed by atoms with Crippen molar-refractivity contribution in [1.82, 2.24) is 9.80 Å². The van der Waals surface area contributed by atoms with Gasteiger partial charge in [-0.3, -0.25) is 9.69 Å². The van der Waals surface area contributed by atoms with Gasteiger partial charge in [0.15, 0.2) is 0 Å². The van der Waals surface area contributed by atoms with Crippen LogP contribution in [0.5, 0.6) is 0 Å². The molecule has 1 amide bonds. The topological polar surface area (TPSA) is 49.6 Å². The lowest BCUT2D eigenvalue weighted by atomic mass is 9.93. The van der Waals surface area contributed by atoms with Crippen molar-refractivity contribution in [1.29, 1.82) is 0 Å². The summed E-state index contributed by atoms with van der Waals surface area (Å²) >= 11 is 0. The summed E-state index contributed by atoms with van der Waals surface area (Å²) in [6.45, 7) is 3.76. The zero-order chi connectivity index (χ0) is 15.1. The number of carbonyl (C=O) groups is 1. The van der Waals surface area contributed by atoms with Crippen molar-refractivity contribution in [3.8, 4) is 0 Å². The molecule has 3 aliphatic rings. The summed E-state index contributed by atoms with van der Waals surface area (Å²) in [5.41, 5.74) is 7.16. The molecule has 6 heteroatoms. The number of nitrogens with zero attached hydrogens (tertiary/aromatic N) is 2. The van der Waals surface area contributed by atoms with Gasteiger partial charge in [-0.1, -0.05) is 12.5 Å². The summed E-state index contributed by atoms with van der Waals surface area (Å²) in [6.07, 6.45) is 5.73. The number of piperazine rings is 1. The highest BCUT2D eigenvalue weighted by molar-refractivity contribution is 5.95. The maximum atomic E-state index is 12.6. The molecule has 1 heterocycles. The minimum Gasteiger partial charge on any atom is -0.399 e. The molecule has 1 aliphatic heterocycles. The molecule has 2 N–H and O–H groups in total. The minimum atomic E-state index is 0. The number of amides is 1. The quantitative estimate of drug-likeness (QED) is 0.812. The number of nitrogen functional groups attached to an aromatic ring is 1. The number of hydrogen-bond donors (Lipinski definition) is 1. The lowest BCUT2D eigenvalue weighted by Crippen LogP contribution is -2.53. The number of fused-ring (bicyclic) bond motifs is 2. The summed E-state index contributed by atoms with van der Waals surface area (Å²) in [5.74, 6) is 2.04. The Kier molecular flexibility index (Phi) is 6.40. The Bertz CT molecular complexity index is 575. The molecule has 0 spiro atoms. The van der Waals surface area contributed by atoms with Crippen LogP contribution in [0.3, 0.4) is 0 Å². The first-order valence-corrected chi connectivity index (χ1v) is 8.59. The zero-order valence-electron chi connectivity index (χ0n) is 13.9. The Morgan fingerprint density at radius 3 is 2.38 bits per heavy atom. The Labute approximate surface area is 156 Å². The van der Waals surface area contributed by atoms with Gasteiger partial charge in [0.25, 0.3) is 5.91 Å². The summed E-state index contributed by atoms with van der Waals surface area (Å²) in [6, 6.07) is 8.12. The molecule has 3 unspecified atom stereocenters. The van der Waals surface area contributed by atoms with Crippen LogP contribution in [0.4, 0.5) is 5.69 Å². The summed E-state index contributed by atoms with van der Waals surface area (Å²) in [4.78, 5) is 17.2. The molecule has 1 aromatic carbocycles. The Morgan fingerprint density at radius 1 is 1.04 bits per heavy atom. The van der Waals surface area contributed by atoms with Crippen LogP contribution in [-0.2, 0) is 0 Å². The fourth-order valence-electron chi connectivity index (χ4n) is 4.77. The van der Waals surface area contributed by atoms with E-state index in [1.807, 2.05) is 23.1 Å². The van der Waals surface area contributed by atoms with Gasteiger partial charge in [0.1, 0.15) is 0 Å². The maximum absolute atomic E-state index is 12.6. The lowest BCUT2D eigenvalue weighted by Gasteiger charge is -2.41. The average molecular weight is 372 g/mol. The molecule has 4 nitrogen and oxygen atoms in total.